The summed E-state index contributed by atoms with van der Waals surface area (Å²) in [5.74, 6) is 0.896. The number of nitrogens with two attached hydrogens (primary N) is 1. The fourth-order valence-electron chi connectivity index (χ4n) is 2.52. The SMILES string of the molecule is CCCCCCCCCCC(N)c1ccc(OC)cc1. The summed E-state index contributed by atoms with van der Waals surface area (Å²) < 4.78 is 5.16. The zero-order valence-electron chi connectivity index (χ0n) is 13.2. The monoisotopic (exact) mass is 277 g/mol. The van der Waals surface area contributed by atoms with Crippen LogP contribution in [-0.2, 0) is 0 Å². The van der Waals surface area contributed by atoms with Gasteiger partial charge in [0.2, 0.25) is 0 Å². The van der Waals surface area contributed by atoms with Crippen LogP contribution in [0.4, 0.5) is 0 Å². The van der Waals surface area contributed by atoms with Crippen LogP contribution < -0.4 is 10.5 Å². The molecule has 0 radical (unpaired) electrons. The molecule has 1 unspecified atom stereocenters. The summed E-state index contributed by atoms with van der Waals surface area (Å²) in [5, 5.41) is 0. The van der Waals surface area contributed by atoms with Gasteiger partial charge in [-0.3, -0.25) is 0 Å². The van der Waals surface area contributed by atoms with Crippen molar-refractivity contribution in [2.45, 2.75) is 70.8 Å². The molecule has 2 heteroatoms. The van der Waals surface area contributed by atoms with Crippen LogP contribution >= 0.6 is 0 Å². The maximum Gasteiger partial charge on any atom is 0.118 e. The second-order valence-corrected chi connectivity index (χ2v) is 5.64. The third kappa shape index (κ3) is 6.95. The zero-order chi connectivity index (χ0) is 14.6. The van der Waals surface area contributed by atoms with Crippen LogP contribution in [0.15, 0.2) is 24.3 Å². The van der Waals surface area contributed by atoms with Gasteiger partial charge in [-0.25, -0.2) is 0 Å². The molecule has 114 valence electrons. The van der Waals surface area contributed by atoms with E-state index in [4.69, 9.17) is 10.5 Å². The highest BCUT2D eigenvalue weighted by Crippen LogP contribution is 2.20. The highest BCUT2D eigenvalue weighted by Gasteiger charge is 2.05. The van der Waals surface area contributed by atoms with Crippen LogP contribution in [0.2, 0.25) is 0 Å². The number of benzene rings is 1. The first-order chi connectivity index (χ1) is 9.77. The number of unbranched alkanes of at least 4 members (excludes halogenated alkanes) is 7. The molecular weight excluding hydrogens is 246 g/mol. The topological polar surface area (TPSA) is 35.2 Å². The van der Waals surface area contributed by atoms with E-state index in [0.717, 1.165) is 12.2 Å². The van der Waals surface area contributed by atoms with Gasteiger partial charge in [-0.1, -0.05) is 70.4 Å². The predicted octanol–water partition coefficient (Wildman–Crippen LogP) is 5.23. The summed E-state index contributed by atoms with van der Waals surface area (Å²) in [7, 11) is 1.69. The molecule has 1 aromatic rings. The Bertz CT molecular complexity index is 334. The second kappa shape index (κ2) is 10.7. The average molecular weight is 277 g/mol. The van der Waals surface area contributed by atoms with E-state index < -0.39 is 0 Å². The van der Waals surface area contributed by atoms with E-state index in [2.05, 4.69) is 19.1 Å². The Morgan fingerprint density at radius 3 is 2.00 bits per heavy atom. The third-order valence-electron chi connectivity index (χ3n) is 3.91. The highest BCUT2D eigenvalue weighted by atomic mass is 16.5. The van der Waals surface area contributed by atoms with Crippen molar-refractivity contribution in [2.75, 3.05) is 7.11 Å². The van der Waals surface area contributed by atoms with E-state index in [1.54, 1.807) is 7.11 Å². The summed E-state index contributed by atoms with van der Waals surface area (Å²) in [4.78, 5) is 0. The smallest absolute Gasteiger partial charge is 0.118 e. The van der Waals surface area contributed by atoms with E-state index in [1.807, 2.05) is 12.1 Å². The molecule has 0 saturated carbocycles. The van der Waals surface area contributed by atoms with Crippen LogP contribution in [0, 0.1) is 0 Å². The normalized spacial score (nSPS) is 12.3. The minimum Gasteiger partial charge on any atom is -0.497 e. The molecule has 0 fully saturated rings. The molecule has 0 aliphatic rings. The minimum atomic E-state index is 0.168. The van der Waals surface area contributed by atoms with Crippen LogP contribution in [0.5, 0.6) is 5.75 Å². The lowest BCUT2D eigenvalue weighted by atomic mass is 10.00. The molecule has 0 saturated heterocycles. The molecule has 0 aliphatic carbocycles. The largest absolute Gasteiger partial charge is 0.497 e. The van der Waals surface area contributed by atoms with E-state index in [-0.39, 0.29) is 6.04 Å². The molecule has 0 amide bonds. The first kappa shape index (κ1) is 17.0. The summed E-state index contributed by atoms with van der Waals surface area (Å²) in [6, 6.07) is 8.30. The molecule has 0 bridgehead atoms. The second-order valence-electron chi connectivity index (χ2n) is 5.64. The lowest BCUT2D eigenvalue weighted by Gasteiger charge is -2.12. The van der Waals surface area contributed by atoms with E-state index in [0.29, 0.717) is 0 Å². The molecular formula is C18H31NO. The van der Waals surface area contributed by atoms with Crippen LogP contribution in [0.1, 0.15) is 76.3 Å². The number of ether oxygens (including phenoxy) is 1. The fraction of sp³-hybridized carbons (Fsp3) is 0.667. The van der Waals surface area contributed by atoms with Gasteiger partial charge in [0.05, 0.1) is 7.11 Å². The first-order valence-electron chi connectivity index (χ1n) is 8.17. The lowest BCUT2D eigenvalue weighted by Crippen LogP contribution is -2.09. The Kier molecular flexibility index (Phi) is 9.14. The lowest BCUT2D eigenvalue weighted by molar-refractivity contribution is 0.414. The molecule has 0 heterocycles. The molecule has 1 aromatic carbocycles. The molecule has 1 atom stereocenters. The van der Waals surface area contributed by atoms with Crippen molar-refractivity contribution >= 4 is 0 Å². The quantitative estimate of drug-likeness (QED) is 0.562. The summed E-state index contributed by atoms with van der Waals surface area (Å²) in [6.07, 6.45) is 11.9. The number of hydrogen-bond acceptors (Lipinski definition) is 2. The van der Waals surface area contributed by atoms with Gasteiger partial charge in [0.15, 0.2) is 0 Å². The van der Waals surface area contributed by atoms with Gasteiger partial charge in [0.25, 0.3) is 0 Å². The Hall–Kier alpha value is -1.02. The highest BCUT2D eigenvalue weighted by molar-refractivity contribution is 5.28. The van der Waals surface area contributed by atoms with Gasteiger partial charge in [0, 0.05) is 6.04 Å². The van der Waals surface area contributed by atoms with Crippen LogP contribution in [0.25, 0.3) is 0 Å². The van der Waals surface area contributed by atoms with Gasteiger partial charge < -0.3 is 10.5 Å². The molecule has 2 nitrogen and oxygen atoms in total. The maximum atomic E-state index is 6.23. The summed E-state index contributed by atoms with van der Waals surface area (Å²) in [5.41, 5.74) is 7.44. The predicted molar refractivity (Wildman–Crippen MR) is 87.1 cm³/mol. The number of hydrogen-bond donors (Lipinski definition) is 1. The Morgan fingerprint density at radius 2 is 1.45 bits per heavy atom. The Balaban J connectivity index is 2.08. The standard InChI is InChI=1S/C18H31NO/c1-3-4-5-6-7-8-9-10-11-18(19)16-12-14-17(20-2)15-13-16/h12-15,18H,3-11,19H2,1-2H3. The summed E-state index contributed by atoms with van der Waals surface area (Å²) in [6.45, 7) is 2.26. The Morgan fingerprint density at radius 1 is 0.900 bits per heavy atom. The van der Waals surface area contributed by atoms with E-state index in [9.17, 15) is 0 Å². The van der Waals surface area contributed by atoms with Crippen molar-refractivity contribution in [3.8, 4) is 5.75 Å². The zero-order valence-corrected chi connectivity index (χ0v) is 13.2. The van der Waals surface area contributed by atoms with Gasteiger partial charge in [-0.05, 0) is 24.1 Å². The van der Waals surface area contributed by atoms with E-state index in [1.165, 1.54) is 56.9 Å². The molecule has 1 rings (SSSR count). The molecule has 0 aliphatic heterocycles. The number of methoxy groups -OCH3 is 1. The van der Waals surface area contributed by atoms with Crippen molar-refractivity contribution < 1.29 is 4.74 Å². The molecule has 20 heavy (non-hydrogen) atoms. The molecule has 0 aromatic heterocycles. The van der Waals surface area contributed by atoms with Crippen molar-refractivity contribution in [2.24, 2.45) is 5.73 Å². The van der Waals surface area contributed by atoms with Crippen LogP contribution in [-0.4, -0.2) is 7.11 Å². The maximum absolute atomic E-state index is 6.23. The first-order valence-corrected chi connectivity index (χ1v) is 8.17. The number of rotatable bonds is 11. The van der Waals surface area contributed by atoms with Crippen molar-refractivity contribution in [3.63, 3.8) is 0 Å². The Labute approximate surface area is 124 Å². The average Bonchev–Trinajstić information content (AvgIpc) is 2.50. The fourth-order valence-corrected chi connectivity index (χ4v) is 2.52. The van der Waals surface area contributed by atoms with Crippen molar-refractivity contribution in [1.82, 2.24) is 0 Å². The summed E-state index contributed by atoms with van der Waals surface area (Å²) >= 11 is 0. The van der Waals surface area contributed by atoms with E-state index >= 15 is 0 Å². The van der Waals surface area contributed by atoms with Gasteiger partial charge >= 0.3 is 0 Å². The van der Waals surface area contributed by atoms with Crippen molar-refractivity contribution in [1.29, 1.82) is 0 Å². The third-order valence-corrected chi connectivity index (χ3v) is 3.91. The van der Waals surface area contributed by atoms with Gasteiger partial charge in [0.1, 0.15) is 5.75 Å². The van der Waals surface area contributed by atoms with Crippen LogP contribution in [0.3, 0.4) is 0 Å². The van der Waals surface area contributed by atoms with Gasteiger partial charge in [-0.2, -0.15) is 0 Å². The van der Waals surface area contributed by atoms with Gasteiger partial charge in [-0.15, -0.1) is 0 Å². The minimum absolute atomic E-state index is 0.168. The molecule has 2 N–H and O–H groups in total. The molecule has 0 spiro atoms. The van der Waals surface area contributed by atoms with Crippen molar-refractivity contribution in [3.05, 3.63) is 29.8 Å².